The first-order valence-electron chi connectivity index (χ1n) is 10.7. The zero-order valence-electron chi connectivity index (χ0n) is 19.7. The number of esters is 2. The summed E-state index contributed by atoms with van der Waals surface area (Å²) in [6, 6.07) is 18.0. The largest absolute Gasteiger partial charge is 0.497 e. The van der Waals surface area contributed by atoms with Gasteiger partial charge in [0.1, 0.15) is 11.5 Å². The number of methoxy groups -OCH3 is 2. The molecule has 0 fully saturated rings. The van der Waals surface area contributed by atoms with Crippen LogP contribution in [0, 0.1) is 0 Å². The Bertz CT molecular complexity index is 1290. The summed E-state index contributed by atoms with van der Waals surface area (Å²) in [5.41, 5.74) is 0.250. The van der Waals surface area contributed by atoms with Crippen LogP contribution in [-0.2, 0) is 19.1 Å². The Hall–Kier alpha value is -4.38. The van der Waals surface area contributed by atoms with E-state index < -0.39 is 36.0 Å². The van der Waals surface area contributed by atoms with Crippen molar-refractivity contribution in [3.8, 4) is 11.5 Å². The summed E-state index contributed by atoms with van der Waals surface area (Å²) in [6.45, 7) is 0. The zero-order valence-corrected chi connectivity index (χ0v) is 21.3. The fraction of sp³-hybridized carbons (Fsp3) is 0.154. The molecule has 0 aliphatic rings. The second-order valence-corrected chi connectivity index (χ2v) is 8.37. The number of carboxylic acid groups (broad SMARTS) is 1. The van der Waals surface area contributed by atoms with Crippen molar-refractivity contribution in [2.75, 3.05) is 19.5 Å². The van der Waals surface area contributed by atoms with E-state index in [1.54, 1.807) is 36.4 Å². The Kier molecular flexibility index (Phi) is 9.22. The predicted molar refractivity (Wildman–Crippen MR) is 135 cm³/mol. The van der Waals surface area contributed by atoms with Crippen LogP contribution in [0.3, 0.4) is 0 Å². The quantitative estimate of drug-likeness (QED) is 0.346. The minimum absolute atomic E-state index is 0.0101. The molecule has 0 aromatic heterocycles. The summed E-state index contributed by atoms with van der Waals surface area (Å²) in [7, 11) is 2.79. The molecule has 0 bridgehead atoms. The van der Waals surface area contributed by atoms with Gasteiger partial charge in [0.25, 0.3) is 5.91 Å². The molecule has 192 valence electrons. The van der Waals surface area contributed by atoms with Gasteiger partial charge in [0, 0.05) is 10.2 Å². The van der Waals surface area contributed by atoms with E-state index in [1.165, 1.54) is 50.6 Å². The molecular weight excluding hydrogens is 550 g/mol. The van der Waals surface area contributed by atoms with Crippen molar-refractivity contribution in [2.45, 2.75) is 12.2 Å². The summed E-state index contributed by atoms with van der Waals surface area (Å²) in [4.78, 5) is 50.9. The number of hydrogen-bond acceptors (Lipinski definition) is 8. The minimum atomic E-state index is -2.18. The van der Waals surface area contributed by atoms with Gasteiger partial charge in [-0.05, 0) is 60.7 Å². The van der Waals surface area contributed by atoms with E-state index >= 15 is 0 Å². The van der Waals surface area contributed by atoms with Crippen molar-refractivity contribution >= 4 is 45.4 Å². The number of hydrogen-bond donors (Lipinski definition) is 2. The first-order chi connectivity index (χ1) is 17.7. The zero-order chi connectivity index (χ0) is 26.9. The fourth-order valence-electron chi connectivity index (χ4n) is 3.11. The molecule has 37 heavy (non-hydrogen) atoms. The third-order valence-corrected chi connectivity index (χ3v) is 5.50. The minimum Gasteiger partial charge on any atom is -0.497 e. The Balaban J connectivity index is 1.92. The van der Waals surface area contributed by atoms with Gasteiger partial charge in [0.15, 0.2) is 0 Å². The van der Waals surface area contributed by atoms with Crippen LogP contribution in [0.5, 0.6) is 11.5 Å². The van der Waals surface area contributed by atoms with E-state index in [9.17, 15) is 24.3 Å². The van der Waals surface area contributed by atoms with Crippen LogP contribution in [0.1, 0.15) is 20.7 Å². The maximum atomic E-state index is 13.2. The molecule has 3 aromatic carbocycles. The highest BCUT2D eigenvalue weighted by Gasteiger charge is 2.41. The van der Waals surface area contributed by atoms with E-state index in [1.807, 2.05) is 0 Å². The molecule has 3 rings (SSSR count). The molecule has 10 nitrogen and oxygen atoms in total. The highest BCUT2D eigenvalue weighted by atomic mass is 79.9. The molecule has 0 unspecified atom stereocenters. The van der Waals surface area contributed by atoms with Crippen LogP contribution in [-0.4, -0.2) is 55.3 Å². The molecule has 0 spiro atoms. The van der Waals surface area contributed by atoms with Crippen LogP contribution in [0.15, 0.2) is 77.3 Å². The average Bonchev–Trinajstić information content (AvgIpc) is 2.91. The monoisotopic (exact) mass is 571 g/mol. The van der Waals surface area contributed by atoms with Gasteiger partial charge in [0.05, 0.1) is 25.3 Å². The number of nitrogens with one attached hydrogen (secondary N) is 1. The van der Waals surface area contributed by atoms with Gasteiger partial charge in [-0.3, -0.25) is 4.79 Å². The van der Waals surface area contributed by atoms with Crippen molar-refractivity contribution in [3.05, 3.63) is 88.4 Å². The number of carbonyl (C=O) groups excluding carboxylic acids is 3. The van der Waals surface area contributed by atoms with E-state index in [-0.39, 0.29) is 11.1 Å². The smallest absolute Gasteiger partial charge is 0.349 e. The van der Waals surface area contributed by atoms with Gasteiger partial charge in [-0.2, -0.15) is 0 Å². The third-order valence-electron chi connectivity index (χ3n) is 4.97. The fourth-order valence-corrected chi connectivity index (χ4v) is 3.37. The number of halogens is 1. The SMILES string of the molecule is COc1cccc(C(=O)O[C@H](C(=O)O)[C@@H](OC(=O)c2cccc(OC)c2)C(=O)Nc2ccc(Br)cc2)c1. The van der Waals surface area contributed by atoms with Gasteiger partial charge in [-0.1, -0.05) is 28.1 Å². The lowest BCUT2D eigenvalue weighted by Gasteiger charge is -2.23. The highest BCUT2D eigenvalue weighted by molar-refractivity contribution is 9.10. The number of aliphatic carboxylic acids is 1. The first kappa shape index (κ1) is 27.2. The Morgan fingerprint density at radius 3 is 1.70 bits per heavy atom. The molecule has 0 heterocycles. The molecule has 11 heteroatoms. The topological polar surface area (TPSA) is 137 Å². The summed E-state index contributed by atoms with van der Waals surface area (Å²) in [6.07, 6.45) is -4.22. The van der Waals surface area contributed by atoms with Crippen molar-refractivity contribution < 1.29 is 43.2 Å². The lowest BCUT2D eigenvalue weighted by atomic mass is 10.1. The molecule has 0 aliphatic carbocycles. The van der Waals surface area contributed by atoms with E-state index in [0.29, 0.717) is 17.2 Å². The number of carboxylic acids is 1. The number of ether oxygens (including phenoxy) is 4. The summed E-state index contributed by atoms with van der Waals surface area (Å²) in [5.74, 6) is -4.15. The van der Waals surface area contributed by atoms with Crippen LogP contribution >= 0.6 is 15.9 Å². The maximum Gasteiger partial charge on any atom is 0.349 e. The van der Waals surface area contributed by atoms with Crippen molar-refractivity contribution in [1.82, 2.24) is 0 Å². The summed E-state index contributed by atoms with van der Waals surface area (Å²) in [5, 5.41) is 12.3. The Labute approximate surface area is 220 Å². The van der Waals surface area contributed by atoms with E-state index in [2.05, 4.69) is 21.2 Å². The van der Waals surface area contributed by atoms with Gasteiger partial charge in [0.2, 0.25) is 12.2 Å². The normalized spacial score (nSPS) is 12.0. The Morgan fingerprint density at radius 1 is 0.757 bits per heavy atom. The number of benzene rings is 3. The van der Waals surface area contributed by atoms with Gasteiger partial charge < -0.3 is 29.4 Å². The van der Waals surface area contributed by atoms with Crippen molar-refractivity contribution in [2.24, 2.45) is 0 Å². The van der Waals surface area contributed by atoms with Crippen molar-refractivity contribution in [1.29, 1.82) is 0 Å². The number of amides is 1. The second kappa shape index (κ2) is 12.5. The van der Waals surface area contributed by atoms with Gasteiger partial charge >= 0.3 is 17.9 Å². The van der Waals surface area contributed by atoms with Gasteiger partial charge in [-0.25, -0.2) is 14.4 Å². The predicted octanol–water partition coefficient (Wildman–Crippen LogP) is 3.94. The van der Waals surface area contributed by atoms with Crippen LogP contribution in [0.2, 0.25) is 0 Å². The summed E-state index contributed by atoms with van der Waals surface area (Å²) < 4.78 is 21.3. The highest BCUT2D eigenvalue weighted by Crippen LogP contribution is 2.20. The van der Waals surface area contributed by atoms with Crippen molar-refractivity contribution in [3.63, 3.8) is 0 Å². The van der Waals surface area contributed by atoms with E-state index in [0.717, 1.165) is 4.47 Å². The van der Waals surface area contributed by atoms with Crippen LogP contribution in [0.25, 0.3) is 0 Å². The molecule has 0 saturated heterocycles. The molecular formula is C26H22BrNO9. The molecule has 2 atom stereocenters. The maximum absolute atomic E-state index is 13.2. The second-order valence-electron chi connectivity index (χ2n) is 7.45. The Morgan fingerprint density at radius 2 is 1.24 bits per heavy atom. The molecule has 2 N–H and O–H groups in total. The number of anilines is 1. The third kappa shape index (κ3) is 7.31. The van der Waals surface area contributed by atoms with E-state index in [4.69, 9.17) is 18.9 Å². The lowest BCUT2D eigenvalue weighted by molar-refractivity contribution is -0.157. The van der Waals surface area contributed by atoms with Gasteiger partial charge in [-0.15, -0.1) is 0 Å². The summed E-state index contributed by atoms with van der Waals surface area (Å²) >= 11 is 3.28. The lowest BCUT2D eigenvalue weighted by Crippen LogP contribution is -2.48. The molecule has 0 aliphatic heterocycles. The average molecular weight is 572 g/mol. The number of carbonyl (C=O) groups is 4. The first-order valence-corrected chi connectivity index (χ1v) is 11.5. The van der Waals surface area contributed by atoms with Crippen LogP contribution in [0.4, 0.5) is 5.69 Å². The molecule has 0 saturated carbocycles. The standard InChI is InChI=1S/C26H22BrNO9/c1-34-19-7-3-5-15(13-19)25(32)36-21(23(29)28-18-11-9-17(27)10-12-18)22(24(30)31)37-26(33)16-6-4-8-20(14-16)35-2/h3-14,21-22H,1-2H3,(H,28,29)(H,30,31)/t21-,22+/m1/s1. The van der Waals surface area contributed by atoms with Crippen LogP contribution < -0.4 is 14.8 Å². The molecule has 3 aromatic rings. The molecule has 0 radical (unpaired) electrons. The number of rotatable bonds is 10. The molecule has 1 amide bonds.